The van der Waals surface area contributed by atoms with E-state index < -0.39 is 57.8 Å². The standard InChI is InChI=1S/C60H97O11P/c1-4-7-10-13-16-19-22-25-27-28-30-32-34-37-40-43-46-49-58(62)67-53-57(71-60(64)51-48-45-42-39-36-33-29-26-23-20-17-14-11-8-5-2)55-69-72(65,66)68-54-56(52-61)70-59(63)50-47-44-41-38-35-31-24-21-18-15-12-9-6-3/h7-12,16-21,25-27,29,31,35,41,44,56-57,61H,4-6,13-15,22-24,28,30,32-34,36-40,42-43,45-55H2,1-3H3,(H,65,66)/b10-7-,11-8-,12-9-,19-16-,20-17-,21-18-,27-25-,29-26-,35-31-,44-41-. The molecule has 11 nitrogen and oxygen atoms in total. The smallest absolute Gasteiger partial charge is 0.462 e. The molecule has 3 unspecified atom stereocenters. The molecule has 12 heteroatoms. The minimum absolute atomic E-state index is 0.0482. The van der Waals surface area contributed by atoms with Gasteiger partial charge in [0.2, 0.25) is 0 Å². The van der Waals surface area contributed by atoms with Crippen LogP contribution in [0.3, 0.4) is 0 Å². The van der Waals surface area contributed by atoms with Crippen LogP contribution in [0.2, 0.25) is 0 Å². The number of phosphoric acid groups is 1. The molecule has 2 N–H and O–H groups in total. The van der Waals surface area contributed by atoms with Gasteiger partial charge >= 0.3 is 25.7 Å². The number of aliphatic hydroxyl groups is 1. The van der Waals surface area contributed by atoms with Crippen LogP contribution < -0.4 is 0 Å². The van der Waals surface area contributed by atoms with Gasteiger partial charge in [-0.15, -0.1) is 0 Å². The summed E-state index contributed by atoms with van der Waals surface area (Å²) in [4.78, 5) is 48.4. The summed E-state index contributed by atoms with van der Waals surface area (Å²) in [6.45, 7) is 4.17. The van der Waals surface area contributed by atoms with Crippen molar-refractivity contribution < 1.29 is 52.2 Å². The number of phosphoric ester groups is 1. The summed E-state index contributed by atoms with van der Waals surface area (Å²) in [5.41, 5.74) is 0. The van der Waals surface area contributed by atoms with Gasteiger partial charge in [-0.1, -0.05) is 194 Å². The number of esters is 3. The first kappa shape index (κ1) is 67.9. The molecule has 0 aliphatic rings. The lowest BCUT2D eigenvalue weighted by molar-refractivity contribution is -0.161. The van der Waals surface area contributed by atoms with E-state index in [4.69, 9.17) is 23.3 Å². The lowest BCUT2D eigenvalue weighted by Gasteiger charge is -2.21. The summed E-state index contributed by atoms with van der Waals surface area (Å²) in [6, 6.07) is 0. The maximum atomic E-state index is 12.9. The van der Waals surface area contributed by atoms with Gasteiger partial charge < -0.3 is 24.2 Å². The molecule has 0 rings (SSSR count). The van der Waals surface area contributed by atoms with Crippen molar-refractivity contribution >= 4 is 25.7 Å². The number of aliphatic hydroxyl groups excluding tert-OH is 1. The Morgan fingerprint density at radius 1 is 0.389 bits per heavy atom. The van der Waals surface area contributed by atoms with Crippen LogP contribution in [-0.4, -0.2) is 66.5 Å². The summed E-state index contributed by atoms with van der Waals surface area (Å²) in [6.07, 6.45) is 64.6. The molecule has 0 radical (unpaired) electrons. The summed E-state index contributed by atoms with van der Waals surface area (Å²) >= 11 is 0. The molecule has 0 aromatic heterocycles. The molecule has 0 bridgehead atoms. The molecule has 72 heavy (non-hydrogen) atoms. The van der Waals surface area contributed by atoms with E-state index in [2.05, 4.69) is 124 Å². The predicted octanol–water partition coefficient (Wildman–Crippen LogP) is 16.0. The van der Waals surface area contributed by atoms with Crippen molar-refractivity contribution in [3.8, 4) is 0 Å². The summed E-state index contributed by atoms with van der Waals surface area (Å²) in [5, 5.41) is 9.78. The molecule has 0 saturated carbocycles. The monoisotopic (exact) mass is 1020 g/mol. The van der Waals surface area contributed by atoms with E-state index in [-0.39, 0.29) is 25.9 Å². The molecule has 0 aliphatic carbocycles. The highest BCUT2D eigenvalue weighted by molar-refractivity contribution is 7.47. The molecule has 408 valence electrons. The number of unbranched alkanes of at least 4 members (excludes halogenated alkanes) is 12. The van der Waals surface area contributed by atoms with Crippen molar-refractivity contribution in [2.45, 2.75) is 213 Å². The largest absolute Gasteiger partial charge is 0.472 e. The Morgan fingerprint density at radius 2 is 0.708 bits per heavy atom. The van der Waals surface area contributed by atoms with Gasteiger partial charge in [0, 0.05) is 19.3 Å². The minimum Gasteiger partial charge on any atom is -0.462 e. The number of rotatable bonds is 49. The third kappa shape index (κ3) is 50.8. The Labute approximate surface area is 437 Å². The van der Waals surface area contributed by atoms with Crippen LogP contribution in [0.15, 0.2) is 122 Å². The van der Waals surface area contributed by atoms with E-state index in [1.807, 2.05) is 18.2 Å². The second kappa shape index (κ2) is 53.2. The molecule has 0 aliphatic heterocycles. The number of allylic oxidation sites excluding steroid dienone is 20. The van der Waals surface area contributed by atoms with Gasteiger partial charge in [0.05, 0.1) is 19.8 Å². The highest BCUT2D eigenvalue weighted by Crippen LogP contribution is 2.43. The summed E-state index contributed by atoms with van der Waals surface area (Å²) in [7, 11) is -4.78. The average molecular weight is 1030 g/mol. The van der Waals surface area contributed by atoms with E-state index >= 15 is 0 Å². The van der Waals surface area contributed by atoms with Crippen LogP contribution in [0, 0.1) is 0 Å². The van der Waals surface area contributed by atoms with Gasteiger partial charge in [-0.3, -0.25) is 23.4 Å². The fourth-order valence-electron chi connectivity index (χ4n) is 6.81. The zero-order chi connectivity index (χ0) is 52.7. The second-order valence-electron chi connectivity index (χ2n) is 17.6. The molecular formula is C60H97O11P. The quantitative estimate of drug-likeness (QED) is 0.0197. The number of hydrogen-bond donors (Lipinski definition) is 2. The van der Waals surface area contributed by atoms with Crippen LogP contribution >= 0.6 is 7.82 Å². The zero-order valence-corrected chi connectivity index (χ0v) is 45.7. The summed E-state index contributed by atoms with van der Waals surface area (Å²) in [5.74, 6) is -1.60. The molecule has 3 atom stereocenters. The van der Waals surface area contributed by atoms with E-state index in [0.717, 1.165) is 128 Å². The van der Waals surface area contributed by atoms with Crippen molar-refractivity contribution in [2.24, 2.45) is 0 Å². The first-order valence-electron chi connectivity index (χ1n) is 27.4. The fraction of sp³-hybridized carbons (Fsp3) is 0.617. The van der Waals surface area contributed by atoms with Gasteiger partial charge in [-0.25, -0.2) is 4.57 Å². The first-order chi connectivity index (χ1) is 35.2. The van der Waals surface area contributed by atoms with Crippen LogP contribution in [0.25, 0.3) is 0 Å². The van der Waals surface area contributed by atoms with Gasteiger partial charge in [-0.05, 0) is 109 Å². The Kier molecular flexibility index (Phi) is 50.1. The lowest BCUT2D eigenvalue weighted by atomic mass is 10.1. The number of carbonyl (C=O) groups is 3. The van der Waals surface area contributed by atoms with E-state index in [1.54, 1.807) is 0 Å². The third-order valence-corrected chi connectivity index (χ3v) is 11.8. The Balaban J connectivity index is 4.85. The topological polar surface area (TPSA) is 155 Å². The van der Waals surface area contributed by atoms with Crippen LogP contribution in [-0.2, 0) is 42.2 Å². The van der Waals surface area contributed by atoms with Gasteiger partial charge in [0.15, 0.2) is 6.10 Å². The van der Waals surface area contributed by atoms with Crippen LogP contribution in [0.5, 0.6) is 0 Å². The SMILES string of the molecule is CC/C=C\C/C=C\C/C=C\C/C=C\CCC(=O)OC(CO)COP(=O)(O)OCC(COC(=O)CCCCCCCCC/C=C\C/C=C\C/C=C\CC)OC(=O)CCCCCCC/C=C\C/C=C\C/C=C\CC. The van der Waals surface area contributed by atoms with Crippen molar-refractivity contribution in [1.82, 2.24) is 0 Å². The first-order valence-corrected chi connectivity index (χ1v) is 28.9. The van der Waals surface area contributed by atoms with Gasteiger partial charge in [0.25, 0.3) is 0 Å². The highest BCUT2D eigenvalue weighted by atomic mass is 31.2. The fourth-order valence-corrected chi connectivity index (χ4v) is 7.59. The maximum absolute atomic E-state index is 12.9. The Hall–Kier alpha value is -4.12. The Bertz CT molecular complexity index is 1670. The van der Waals surface area contributed by atoms with Crippen molar-refractivity contribution in [1.29, 1.82) is 0 Å². The number of ether oxygens (including phenoxy) is 3. The molecule has 0 fully saturated rings. The molecule has 0 saturated heterocycles. The number of carbonyl (C=O) groups excluding carboxylic acids is 3. The molecule has 0 amide bonds. The normalized spacial score (nSPS) is 14.3. The van der Waals surface area contributed by atoms with Crippen molar-refractivity contribution in [3.05, 3.63) is 122 Å². The molecule has 0 aromatic rings. The molecular weight excluding hydrogens is 928 g/mol. The van der Waals surface area contributed by atoms with Gasteiger partial charge in [-0.2, -0.15) is 0 Å². The highest BCUT2D eigenvalue weighted by Gasteiger charge is 2.28. The predicted molar refractivity (Wildman–Crippen MR) is 297 cm³/mol. The Morgan fingerprint density at radius 3 is 1.12 bits per heavy atom. The van der Waals surface area contributed by atoms with E-state index in [1.165, 1.54) is 12.8 Å². The zero-order valence-electron chi connectivity index (χ0n) is 44.8. The van der Waals surface area contributed by atoms with E-state index in [9.17, 15) is 28.9 Å². The van der Waals surface area contributed by atoms with Crippen molar-refractivity contribution in [3.63, 3.8) is 0 Å². The average Bonchev–Trinajstić information content (AvgIpc) is 3.37. The molecule has 0 heterocycles. The van der Waals surface area contributed by atoms with Crippen LogP contribution in [0.4, 0.5) is 0 Å². The maximum Gasteiger partial charge on any atom is 0.472 e. The minimum atomic E-state index is -4.78. The molecule has 0 aromatic carbocycles. The van der Waals surface area contributed by atoms with E-state index in [0.29, 0.717) is 19.3 Å². The number of hydrogen-bond acceptors (Lipinski definition) is 10. The summed E-state index contributed by atoms with van der Waals surface area (Å²) < 4.78 is 39.3. The third-order valence-electron chi connectivity index (χ3n) is 10.9. The molecule has 0 spiro atoms. The lowest BCUT2D eigenvalue weighted by Crippen LogP contribution is -2.30. The van der Waals surface area contributed by atoms with Crippen LogP contribution in [0.1, 0.15) is 201 Å². The van der Waals surface area contributed by atoms with Gasteiger partial charge in [0.1, 0.15) is 12.7 Å². The van der Waals surface area contributed by atoms with Crippen molar-refractivity contribution in [2.75, 3.05) is 26.4 Å². The second-order valence-corrected chi connectivity index (χ2v) is 19.1.